The zero-order valence-electron chi connectivity index (χ0n) is 16.7. The maximum Gasteiger partial charge on any atom is 0.252 e. The Hall–Kier alpha value is -2.97. The molecule has 29 heavy (non-hydrogen) atoms. The highest BCUT2D eigenvalue weighted by molar-refractivity contribution is 5.98. The number of carbonyl (C=O) groups is 1. The Morgan fingerprint density at radius 1 is 1.45 bits per heavy atom. The number of amides is 1. The fourth-order valence-electron chi connectivity index (χ4n) is 3.32. The van der Waals surface area contributed by atoms with Crippen LogP contribution in [0, 0.1) is 5.92 Å². The molecule has 1 aliphatic rings. The molecular weight excluding hydrogens is 370 g/mol. The molecule has 0 bridgehead atoms. The lowest BCUT2D eigenvalue weighted by Crippen LogP contribution is -2.41. The Bertz CT molecular complexity index is 867. The molecule has 2 unspecified atom stereocenters. The van der Waals surface area contributed by atoms with Gasteiger partial charge in [0, 0.05) is 43.2 Å². The summed E-state index contributed by atoms with van der Waals surface area (Å²) in [4.78, 5) is 22.6. The van der Waals surface area contributed by atoms with Crippen LogP contribution in [0.4, 0.5) is 17.2 Å². The number of pyridine rings is 1. The number of benzene rings is 1. The van der Waals surface area contributed by atoms with E-state index in [1.165, 1.54) is 6.20 Å². The van der Waals surface area contributed by atoms with E-state index >= 15 is 0 Å². The number of anilines is 2. The van der Waals surface area contributed by atoms with E-state index in [-0.39, 0.29) is 11.5 Å². The van der Waals surface area contributed by atoms with E-state index < -0.39 is 12.1 Å². The molecule has 1 aliphatic heterocycles. The van der Waals surface area contributed by atoms with E-state index in [4.69, 9.17) is 10.5 Å². The van der Waals surface area contributed by atoms with Crippen LogP contribution in [0.25, 0.3) is 0 Å². The highest BCUT2D eigenvalue weighted by Gasteiger charge is 2.21. The van der Waals surface area contributed by atoms with Gasteiger partial charge in [0.15, 0.2) is 0 Å². The molecule has 8 heteroatoms. The minimum atomic E-state index is -0.574. The fourth-order valence-corrected chi connectivity index (χ4v) is 3.32. The van der Waals surface area contributed by atoms with Crippen molar-refractivity contribution in [3.8, 4) is 5.75 Å². The second kappa shape index (κ2) is 9.49. The Kier molecular flexibility index (Phi) is 6.79. The number of hydrogen-bond acceptors (Lipinski definition) is 7. The first-order valence-electron chi connectivity index (χ1n) is 9.63. The summed E-state index contributed by atoms with van der Waals surface area (Å²) >= 11 is 0. The Balaban J connectivity index is 1.78. The van der Waals surface area contributed by atoms with Gasteiger partial charge in [0.25, 0.3) is 5.91 Å². The van der Waals surface area contributed by atoms with Crippen molar-refractivity contribution in [1.82, 2.24) is 9.88 Å². The predicted molar refractivity (Wildman–Crippen MR) is 113 cm³/mol. The molecule has 3 rings (SSSR count). The molecule has 2 atom stereocenters. The largest absolute Gasteiger partial charge is 0.497 e. The van der Waals surface area contributed by atoms with Gasteiger partial charge < -0.3 is 20.9 Å². The zero-order chi connectivity index (χ0) is 20.8. The second-order valence-electron chi connectivity index (χ2n) is 7.11. The van der Waals surface area contributed by atoms with Gasteiger partial charge in [-0.05, 0) is 44.0 Å². The van der Waals surface area contributed by atoms with Gasteiger partial charge >= 0.3 is 0 Å². The summed E-state index contributed by atoms with van der Waals surface area (Å²) in [5.41, 5.74) is 7.06. The third-order valence-corrected chi connectivity index (χ3v) is 4.95. The molecule has 2 aromatic rings. The molecule has 0 spiro atoms. The second-order valence-corrected chi connectivity index (χ2v) is 7.11. The lowest BCUT2D eigenvalue weighted by molar-refractivity contribution is 0.000113. The number of ether oxygens (including phenoxy) is 1. The Morgan fingerprint density at radius 2 is 2.21 bits per heavy atom. The van der Waals surface area contributed by atoms with E-state index in [0.29, 0.717) is 11.5 Å². The number of likely N-dealkylation sites (tertiary alicyclic amines) is 1. The van der Waals surface area contributed by atoms with Crippen molar-refractivity contribution in [1.29, 1.82) is 0 Å². The summed E-state index contributed by atoms with van der Waals surface area (Å²) in [5, 5.41) is 13.0. The smallest absolute Gasteiger partial charge is 0.252 e. The fraction of sp³-hybridized carbons (Fsp3) is 0.381. The average Bonchev–Trinajstić information content (AvgIpc) is 2.73. The third-order valence-electron chi connectivity index (χ3n) is 4.95. The van der Waals surface area contributed by atoms with Gasteiger partial charge in [-0.25, -0.2) is 4.98 Å². The number of rotatable bonds is 7. The van der Waals surface area contributed by atoms with Crippen LogP contribution in [-0.4, -0.2) is 53.5 Å². The van der Waals surface area contributed by atoms with Crippen molar-refractivity contribution in [2.24, 2.45) is 16.6 Å². The Labute approximate surface area is 170 Å². The van der Waals surface area contributed by atoms with Crippen molar-refractivity contribution < 1.29 is 14.6 Å². The van der Waals surface area contributed by atoms with Gasteiger partial charge in [0.05, 0.1) is 18.4 Å². The number of nitrogens with one attached hydrogen (secondary N) is 1. The van der Waals surface area contributed by atoms with Gasteiger partial charge in [-0.3, -0.25) is 14.7 Å². The molecule has 1 aromatic carbocycles. The van der Waals surface area contributed by atoms with Crippen molar-refractivity contribution in [3.05, 3.63) is 42.1 Å². The van der Waals surface area contributed by atoms with Crippen LogP contribution >= 0.6 is 0 Å². The lowest BCUT2D eigenvalue weighted by Gasteiger charge is -2.32. The minimum Gasteiger partial charge on any atom is -0.497 e. The van der Waals surface area contributed by atoms with Gasteiger partial charge in [-0.15, -0.1) is 0 Å². The van der Waals surface area contributed by atoms with E-state index in [0.717, 1.165) is 37.4 Å². The van der Waals surface area contributed by atoms with Crippen LogP contribution < -0.4 is 15.8 Å². The summed E-state index contributed by atoms with van der Waals surface area (Å²) in [6, 6.07) is 9.14. The summed E-state index contributed by atoms with van der Waals surface area (Å²) in [6.07, 6.45) is 4.77. The van der Waals surface area contributed by atoms with Crippen molar-refractivity contribution in [2.45, 2.75) is 26.0 Å². The molecule has 4 N–H and O–H groups in total. The molecule has 8 nitrogen and oxygen atoms in total. The van der Waals surface area contributed by atoms with E-state index in [2.05, 4.69) is 15.3 Å². The van der Waals surface area contributed by atoms with Gasteiger partial charge in [-0.2, -0.15) is 0 Å². The van der Waals surface area contributed by atoms with E-state index in [1.54, 1.807) is 20.1 Å². The third kappa shape index (κ3) is 5.52. The molecule has 0 saturated carbocycles. The summed E-state index contributed by atoms with van der Waals surface area (Å²) in [5.74, 6) is 0.943. The van der Waals surface area contributed by atoms with E-state index in [1.807, 2.05) is 35.4 Å². The number of aliphatic hydroxyl groups excluding tert-OH is 1. The summed E-state index contributed by atoms with van der Waals surface area (Å²) in [6.45, 7) is 3.37. The maximum absolute atomic E-state index is 11.8. The van der Waals surface area contributed by atoms with Gasteiger partial charge in [0.2, 0.25) is 0 Å². The van der Waals surface area contributed by atoms with Crippen LogP contribution in [0.1, 0.15) is 30.1 Å². The number of nitrogens with two attached hydrogens (primary N) is 1. The molecule has 1 saturated heterocycles. The maximum atomic E-state index is 11.8. The SMILES string of the molecule is COc1ccc(Nc2cc(N=CC3CCCN(C(C)O)C3)c(C(N)=O)cn2)cc1. The highest BCUT2D eigenvalue weighted by atomic mass is 16.5. The number of carbonyl (C=O) groups excluding carboxylic acids is 1. The lowest BCUT2D eigenvalue weighted by atomic mass is 9.99. The van der Waals surface area contributed by atoms with Crippen LogP contribution in [0.15, 0.2) is 41.5 Å². The molecule has 0 radical (unpaired) electrons. The van der Waals surface area contributed by atoms with Crippen LogP contribution in [-0.2, 0) is 0 Å². The standard InChI is InChI=1S/C21H27N5O3/c1-14(27)26-9-3-4-15(13-26)11-23-19-10-20(24-12-18(19)21(22)28)25-16-5-7-17(29-2)8-6-16/h5-8,10-12,14-15,27H,3-4,9,13H2,1-2H3,(H2,22,28)(H,24,25). The number of aliphatic imine (C=N–C) groups is 1. The number of primary amides is 1. The zero-order valence-corrected chi connectivity index (χ0v) is 16.7. The quantitative estimate of drug-likeness (QED) is 0.619. The number of aromatic nitrogens is 1. The van der Waals surface area contributed by atoms with Crippen LogP contribution in [0.3, 0.4) is 0 Å². The number of methoxy groups -OCH3 is 1. The molecule has 0 aliphatic carbocycles. The van der Waals surface area contributed by atoms with Crippen molar-refractivity contribution >= 4 is 29.3 Å². The minimum absolute atomic E-state index is 0.199. The predicted octanol–water partition coefficient (Wildman–Crippen LogP) is 2.69. The van der Waals surface area contributed by atoms with E-state index in [9.17, 15) is 9.90 Å². The first kappa shape index (κ1) is 20.8. The highest BCUT2D eigenvalue weighted by Crippen LogP contribution is 2.26. The van der Waals surface area contributed by atoms with Crippen molar-refractivity contribution in [3.63, 3.8) is 0 Å². The molecule has 1 fully saturated rings. The molecule has 1 aromatic heterocycles. The van der Waals surface area contributed by atoms with Crippen LogP contribution in [0.5, 0.6) is 5.75 Å². The number of nitrogens with zero attached hydrogens (tertiary/aromatic N) is 3. The van der Waals surface area contributed by atoms with Crippen LogP contribution in [0.2, 0.25) is 0 Å². The number of hydrogen-bond donors (Lipinski definition) is 3. The first-order valence-corrected chi connectivity index (χ1v) is 9.63. The van der Waals surface area contributed by atoms with Crippen molar-refractivity contribution in [2.75, 3.05) is 25.5 Å². The average molecular weight is 397 g/mol. The normalized spacial score (nSPS) is 18.5. The summed E-state index contributed by atoms with van der Waals surface area (Å²) < 4.78 is 5.16. The monoisotopic (exact) mass is 397 g/mol. The summed E-state index contributed by atoms with van der Waals surface area (Å²) in [7, 11) is 1.61. The van der Waals surface area contributed by atoms with Gasteiger partial charge in [-0.1, -0.05) is 0 Å². The Morgan fingerprint density at radius 3 is 2.86 bits per heavy atom. The first-order chi connectivity index (χ1) is 14.0. The molecular formula is C21H27N5O3. The molecule has 154 valence electrons. The molecule has 1 amide bonds. The number of piperidine rings is 1. The number of aliphatic hydroxyl groups is 1. The van der Waals surface area contributed by atoms with Gasteiger partial charge in [0.1, 0.15) is 17.8 Å². The molecule has 2 heterocycles. The topological polar surface area (TPSA) is 113 Å².